The molecule has 19 heavy (non-hydrogen) atoms. The number of nitrogens with one attached hydrogen (secondary N) is 1. The van der Waals surface area contributed by atoms with Crippen LogP contribution in [0.25, 0.3) is 0 Å². The number of hydrogen-bond donors (Lipinski definition) is 2. The van der Waals surface area contributed by atoms with E-state index in [0.717, 1.165) is 22.5 Å². The van der Waals surface area contributed by atoms with Crippen molar-refractivity contribution in [1.29, 1.82) is 0 Å². The van der Waals surface area contributed by atoms with Crippen molar-refractivity contribution in [3.63, 3.8) is 0 Å². The Morgan fingerprint density at radius 3 is 2.58 bits per heavy atom. The molecule has 1 aliphatic carbocycles. The molecule has 2 rings (SSSR count). The molecule has 0 radical (unpaired) electrons. The Labute approximate surface area is 115 Å². The molecule has 3 nitrogen and oxygen atoms in total. The third kappa shape index (κ3) is 3.72. The zero-order chi connectivity index (χ0) is 13.8. The minimum absolute atomic E-state index is 0.138. The molecule has 0 saturated heterocycles. The first-order chi connectivity index (χ1) is 9.06. The second kappa shape index (κ2) is 6.09. The van der Waals surface area contributed by atoms with Crippen LogP contribution in [0.1, 0.15) is 49.7 Å². The Balaban J connectivity index is 1.96. The summed E-state index contributed by atoms with van der Waals surface area (Å²) in [5.41, 5.74) is 9.57. The Bertz CT molecular complexity index is 462. The second-order valence-corrected chi connectivity index (χ2v) is 5.78. The van der Waals surface area contributed by atoms with E-state index in [0.29, 0.717) is 12.3 Å². The molecule has 0 aliphatic heterocycles. The van der Waals surface area contributed by atoms with Gasteiger partial charge in [0.25, 0.3) is 0 Å². The van der Waals surface area contributed by atoms with E-state index in [9.17, 15) is 4.79 Å². The number of benzene rings is 1. The van der Waals surface area contributed by atoms with Gasteiger partial charge in [-0.3, -0.25) is 4.79 Å². The van der Waals surface area contributed by atoms with Gasteiger partial charge in [0, 0.05) is 17.8 Å². The lowest BCUT2D eigenvalue weighted by Crippen LogP contribution is -2.19. The number of hydrogen-bond acceptors (Lipinski definition) is 2. The number of nitrogens with two attached hydrogens (primary N) is 1. The summed E-state index contributed by atoms with van der Waals surface area (Å²) in [5.74, 6) is 0.711. The maximum atomic E-state index is 12.1. The van der Waals surface area contributed by atoms with E-state index in [1.807, 2.05) is 26.0 Å². The highest BCUT2D eigenvalue weighted by Gasteiger charge is 2.17. The molecule has 1 aliphatic rings. The Hall–Kier alpha value is -1.51. The van der Waals surface area contributed by atoms with Crippen molar-refractivity contribution in [1.82, 2.24) is 0 Å². The summed E-state index contributed by atoms with van der Waals surface area (Å²) >= 11 is 0. The van der Waals surface area contributed by atoms with Gasteiger partial charge < -0.3 is 11.1 Å². The molecule has 1 aromatic carbocycles. The molecule has 0 bridgehead atoms. The fourth-order valence-corrected chi connectivity index (χ4v) is 2.83. The van der Waals surface area contributed by atoms with E-state index < -0.39 is 0 Å². The molecule has 0 unspecified atom stereocenters. The lowest BCUT2D eigenvalue weighted by atomic mass is 9.87. The number of carbonyl (C=O) groups excluding carboxylic acids is 1. The van der Waals surface area contributed by atoms with Crippen molar-refractivity contribution in [2.24, 2.45) is 5.92 Å². The van der Waals surface area contributed by atoms with Gasteiger partial charge in [-0.05, 0) is 55.9 Å². The highest BCUT2D eigenvalue weighted by Crippen LogP contribution is 2.27. The van der Waals surface area contributed by atoms with Gasteiger partial charge in [-0.15, -0.1) is 0 Å². The van der Waals surface area contributed by atoms with E-state index in [4.69, 9.17) is 5.73 Å². The smallest absolute Gasteiger partial charge is 0.224 e. The quantitative estimate of drug-likeness (QED) is 0.812. The fraction of sp³-hybridized carbons (Fsp3) is 0.562. The number of nitrogen functional groups attached to an aromatic ring is 1. The summed E-state index contributed by atoms with van der Waals surface area (Å²) in [5, 5.41) is 3.03. The first kappa shape index (κ1) is 13.9. The molecule has 3 N–H and O–H groups in total. The van der Waals surface area contributed by atoms with Crippen LogP contribution in [0, 0.1) is 19.8 Å². The minimum atomic E-state index is 0.138. The number of rotatable bonds is 3. The zero-order valence-corrected chi connectivity index (χ0v) is 12.0. The van der Waals surface area contributed by atoms with Crippen LogP contribution in [0.3, 0.4) is 0 Å². The molecule has 1 saturated carbocycles. The van der Waals surface area contributed by atoms with Crippen molar-refractivity contribution >= 4 is 17.3 Å². The summed E-state index contributed by atoms with van der Waals surface area (Å²) in [6.07, 6.45) is 6.94. The van der Waals surface area contributed by atoms with Gasteiger partial charge in [-0.1, -0.05) is 19.3 Å². The summed E-state index contributed by atoms with van der Waals surface area (Å²) in [6.45, 7) is 3.94. The van der Waals surface area contributed by atoms with Crippen LogP contribution in [0.15, 0.2) is 12.1 Å². The van der Waals surface area contributed by atoms with Gasteiger partial charge in [0.05, 0.1) is 0 Å². The summed E-state index contributed by atoms with van der Waals surface area (Å²) in [7, 11) is 0. The van der Waals surface area contributed by atoms with Crippen LogP contribution in [0.5, 0.6) is 0 Å². The average Bonchev–Trinajstić information content (AvgIpc) is 2.37. The lowest BCUT2D eigenvalue weighted by molar-refractivity contribution is -0.117. The summed E-state index contributed by atoms with van der Waals surface area (Å²) in [6, 6.07) is 3.88. The fourth-order valence-electron chi connectivity index (χ4n) is 2.83. The van der Waals surface area contributed by atoms with E-state index in [2.05, 4.69) is 5.32 Å². The molecule has 0 heterocycles. The highest BCUT2D eigenvalue weighted by molar-refractivity contribution is 5.92. The van der Waals surface area contributed by atoms with Crippen LogP contribution in [-0.4, -0.2) is 5.91 Å². The standard InChI is InChI=1S/C16H24N2O/c1-11-9-15(12(2)8-14(11)17)18-16(19)10-13-6-4-3-5-7-13/h8-9,13H,3-7,10,17H2,1-2H3,(H,18,19). The first-order valence-electron chi connectivity index (χ1n) is 7.23. The van der Waals surface area contributed by atoms with Crippen LogP contribution >= 0.6 is 0 Å². The van der Waals surface area contributed by atoms with Crippen LogP contribution in [-0.2, 0) is 4.79 Å². The highest BCUT2D eigenvalue weighted by atomic mass is 16.1. The molecule has 104 valence electrons. The molecule has 1 amide bonds. The molecular weight excluding hydrogens is 236 g/mol. The Kier molecular flexibility index (Phi) is 4.46. The lowest BCUT2D eigenvalue weighted by Gasteiger charge is -2.21. The van der Waals surface area contributed by atoms with E-state index in [1.54, 1.807) is 0 Å². The van der Waals surface area contributed by atoms with Gasteiger partial charge in [0.15, 0.2) is 0 Å². The monoisotopic (exact) mass is 260 g/mol. The summed E-state index contributed by atoms with van der Waals surface area (Å²) < 4.78 is 0. The van der Waals surface area contributed by atoms with Crippen molar-refractivity contribution in [2.45, 2.75) is 52.4 Å². The van der Waals surface area contributed by atoms with Crippen molar-refractivity contribution in [2.75, 3.05) is 11.1 Å². The SMILES string of the molecule is Cc1cc(NC(=O)CC2CCCCC2)c(C)cc1N. The first-order valence-corrected chi connectivity index (χ1v) is 7.23. The molecule has 1 fully saturated rings. The number of carbonyl (C=O) groups is 1. The number of aryl methyl sites for hydroxylation is 2. The minimum Gasteiger partial charge on any atom is -0.399 e. The maximum absolute atomic E-state index is 12.1. The molecule has 1 aromatic rings. The third-order valence-corrected chi connectivity index (χ3v) is 4.09. The molecule has 0 spiro atoms. The zero-order valence-electron chi connectivity index (χ0n) is 12.0. The number of amides is 1. The average molecular weight is 260 g/mol. The van der Waals surface area contributed by atoms with Crippen LogP contribution < -0.4 is 11.1 Å². The molecule has 0 atom stereocenters. The molecular formula is C16H24N2O. The van der Waals surface area contributed by atoms with Crippen LogP contribution in [0.4, 0.5) is 11.4 Å². The largest absolute Gasteiger partial charge is 0.399 e. The van der Waals surface area contributed by atoms with Gasteiger partial charge in [0.2, 0.25) is 5.91 Å². The van der Waals surface area contributed by atoms with Crippen molar-refractivity contribution in [3.8, 4) is 0 Å². The van der Waals surface area contributed by atoms with E-state index >= 15 is 0 Å². The van der Waals surface area contributed by atoms with Gasteiger partial charge in [-0.25, -0.2) is 0 Å². The van der Waals surface area contributed by atoms with Crippen LogP contribution in [0.2, 0.25) is 0 Å². The normalized spacial score (nSPS) is 16.3. The predicted molar refractivity (Wildman–Crippen MR) is 80.2 cm³/mol. The van der Waals surface area contributed by atoms with Crippen molar-refractivity contribution < 1.29 is 4.79 Å². The van der Waals surface area contributed by atoms with E-state index in [-0.39, 0.29) is 5.91 Å². The van der Waals surface area contributed by atoms with Crippen molar-refractivity contribution in [3.05, 3.63) is 23.3 Å². The molecule has 3 heteroatoms. The van der Waals surface area contributed by atoms with Gasteiger partial charge >= 0.3 is 0 Å². The number of anilines is 2. The Morgan fingerprint density at radius 1 is 1.21 bits per heavy atom. The third-order valence-electron chi connectivity index (χ3n) is 4.09. The topological polar surface area (TPSA) is 55.1 Å². The summed E-state index contributed by atoms with van der Waals surface area (Å²) in [4.78, 5) is 12.1. The van der Waals surface area contributed by atoms with Gasteiger partial charge in [0.1, 0.15) is 0 Å². The predicted octanol–water partition coefficient (Wildman–Crippen LogP) is 3.79. The Morgan fingerprint density at radius 2 is 1.89 bits per heavy atom. The van der Waals surface area contributed by atoms with E-state index in [1.165, 1.54) is 32.1 Å². The van der Waals surface area contributed by atoms with Gasteiger partial charge in [-0.2, -0.15) is 0 Å². The molecule has 0 aromatic heterocycles. The maximum Gasteiger partial charge on any atom is 0.224 e. The second-order valence-electron chi connectivity index (χ2n) is 5.78.